The van der Waals surface area contributed by atoms with Gasteiger partial charge in [0.2, 0.25) is 0 Å². The van der Waals surface area contributed by atoms with E-state index >= 15 is 0 Å². The lowest BCUT2D eigenvalue weighted by molar-refractivity contribution is -0.139. The average Bonchev–Trinajstić information content (AvgIpc) is 3.10. The molecule has 0 aromatic rings. The summed E-state index contributed by atoms with van der Waals surface area (Å²) in [6.45, 7) is 1.42. The minimum atomic E-state index is -4.79. The van der Waals surface area contributed by atoms with E-state index in [-0.39, 0.29) is 12.6 Å². The molecule has 3 heterocycles. The summed E-state index contributed by atoms with van der Waals surface area (Å²) < 4.78 is 34.7. The number of carbonyl (C=O) groups is 2. The summed E-state index contributed by atoms with van der Waals surface area (Å²) in [5.41, 5.74) is 2.35. The number of amides is 3. The summed E-state index contributed by atoms with van der Waals surface area (Å²) in [5.74, 6) is -0.464. The lowest BCUT2D eigenvalue weighted by atomic mass is 10.0. The Labute approximate surface area is 139 Å². The van der Waals surface area contributed by atoms with Crippen LogP contribution in [0.25, 0.3) is 0 Å². The zero-order valence-electron chi connectivity index (χ0n) is 12.9. The first kappa shape index (κ1) is 17.4. The predicted molar refractivity (Wildman–Crippen MR) is 78.5 cm³/mol. The van der Waals surface area contributed by atoms with Gasteiger partial charge in [-0.25, -0.2) is 10.3 Å². The molecule has 24 heavy (non-hydrogen) atoms. The molecule has 0 saturated carbocycles. The third kappa shape index (κ3) is 3.78. The third-order valence-electron chi connectivity index (χ3n) is 4.42. The Kier molecular flexibility index (Phi) is 4.92. The van der Waals surface area contributed by atoms with Crippen molar-refractivity contribution in [3.05, 3.63) is 0 Å². The van der Waals surface area contributed by atoms with Crippen molar-refractivity contribution >= 4 is 22.3 Å². The van der Waals surface area contributed by atoms with Gasteiger partial charge in [0.05, 0.1) is 12.6 Å². The first-order chi connectivity index (χ1) is 11.3. The van der Waals surface area contributed by atoms with E-state index in [1.165, 1.54) is 4.90 Å². The number of urea groups is 1. The number of piperidine rings is 1. The van der Waals surface area contributed by atoms with Crippen LogP contribution in [-0.2, 0) is 24.3 Å². The van der Waals surface area contributed by atoms with Crippen LogP contribution >= 0.6 is 0 Å². The molecule has 0 aliphatic carbocycles. The van der Waals surface area contributed by atoms with Gasteiger partial charge in [-0.15, -0.1) is 4.28 Å². The molecule has 2 unspecified atom stereocenters. The lowest BCUT2D eigenvalue weighted by Gasteiger charge is -2.29. The SMILES string of the molecule is O=C(NOC[C@@H]1CCCN1)C1CCC2CN1C(=O)N2OS(=O)(=O)O. The van der Waals surface area contributed by atoms with Gasteiger partial charge >= 0.3 is 16.4 Å². The largest absolute Gasteiger partial charge is 0.418 e. The fraction of sp³-hybridized carbons (Fsp3) is 0.833. The molecule has 136 valence electrons. The van der Waals surface area contributed by atoms with Crippen molar-refractivity contribution in [2.24, 2.45) is 0 Å². The van der Waals surface area contributed by atoms with Crippen molar-refractivity contribution in [1.82, 2.24) is 20.8 Å². The van der Waals surface area contributed by atoms with Crippen molar-refractivity contribution in [3.63, 3.8) is 0 Å². The van der Waals surface area contributed by atoms with Gasteiger partial charge in [-0.3, -0.25) is 14.2 Å². The molecule has 3 atom stereocenters. The normalized spacial score (nSPS) is 30.0. The standard InChI is InChI=1S/C12H20N4O7S/c17-11(14-22-7-8-2-1-5-13-8)10-4-3-9-6-15(10)12(18)16(9)23-24(19,20)21/h8-10,13H,1-7H2,(H,14,17)(H,19,20,21)/t8-,9?,10?/m0/s1. The summed E-state index contributed by atoms with van der Waals surface area (Å²) >= 11 is 0. The molecule has 12 heteroatoms. The van der Waals surface area contributed by atoms with Crippen molar-refractivity contribution in [2.75, 3.05) is 19.7 Å². The second-order valence-electron chi connectivity index (χ2n) is 6.08. The van der Waals surface area contributed by atoms with Gasteiger partial charge in [0.1, 0.15) is 6.04 Å². The van der Waals surface area contributed by atoms with E-state index in [2.05, 4.69) is 15.1 Å². The number of rotatable bonds is 6. The number of hydrogen-bond donors (Lipinski definition) is 3. The number of nitrogens with one attached hydrogen (secondary N) is 2. The zero-order valence-corrected chi connectivity index (χ0v) is 13.7. The van der Waals surface area contributed by atoms with Crippen LogP contribution in [0.15, 0.2) is 0 Å². The molecule has 0 radical (unpaired) electrons. The second kappa shape index (κ2) is 6.80. The zero-order chi connectivity index (χ0) is 17.3. The Bertz CT molecular complexity index is 607. The molecule has 3 rings (SSSR count). The number of fused-ring (bicyclic) bond motifs is 2. The second-order valence-corrected chi connectivity index (χ2v) is 7.09. The van der Waals surface area contributed by atoms with Crippen LogP contribution in [-0.4, -0.2) is 72.7 Å². The van der Waals surface area contributed by atoms with Crippen molar-refractivity contribution in [3.8, 4) is 0 Å². The number of carbonyl (C=O) groups excluding carboxylic acids is 2. The van der Waals surface area contributed by atoms with E-state index in [0.29, 0.717) is 24.5 Å². The Morgan fingerprint density at radius 1 is 1.38 bits per heavy atom. The number of hydrogen-bond acceptors (Lipinski definition) is 7. The van der Waals surface area contributed by atoms with E-state index in [0.717, 1.165) is 19.4 Å². The van der Waals surface area contributed by atoms with Crippen LogP contribution in [0.4, 0.5) is 4.79 Å². The van der Waals surface area contributed by atoms with E-state index in [4.69, 9.17) is 9.39 Å². The molecule has 3 saturated heterocycles. The molecular formula is C12H20N4O7S. The highest BCUT2D eigenvalue weighted by Gasteiger charge is 2.49. The molecule has 0 aromatic carbocycles. The fourth-order valence-corrected chi connectivity index (χ4v) is 3.67. The maximum absolute atomic E-state index is 12.2. The van der Waals surface area contributed by atoms with Crippen molar-refractivity contribution in [2.45, 2.75) is 43.8 Å². The smallest absolute Gasteiger partial charge is 0.312 e. The highest BCUT2D eigenvalue weighted by atomic mass is 32.3. The van der Waals surface area contributed by atoms with E-state index < -0.39 is 34.4 Å². The quantitative estimate of drug-likeness (QED) is 0.394. The van der Waals surface area contributed by atoms with Crippen molar-refractivity contribution in [1.29, 1.82) is 0 Å². The minimum Gasteiger partial charge on any atom is -0.312 e. The summed E-state index contributed by atoms with van der Waals surface area (Å²) in [6, 6.07) is -1.85. The topological polar surface area (TPSA) is 138 Å². The molecule has 0 spiro atoms. The van der Waals surface area contributed by atoms with Gasteiger partial charge < -0.3 is 10.2 Å². The van der Waals surface area contributed by atoms with Gasteiger partial charge in [-0.2, -0.15) is 13.5 Å². The first-order valence-corrected chi connectivity index (χ1v) is 9.13. The first-order valence-electron chi connectivity index (χ1n) is 7.77. The van der Waals surface area contributed by atoms with Gasteiger partial charge in [0.25, 0.3) is 5.91 Å². The Morgan fingerprint density at radius 3 is 2.83 bits per heavy atom. The Balaban J connectivity index is 1.54. The van der Waals surface area contributed by atoms with Crippen LogP contribution in [0.2, 0.25) is 0 Å². The Morgan fingerprint density at radius 2 is 2.17 bits per heavy atom. The summed E-state index contributed by atoms with van der Waals surface area (Å²) in [5, 5.41) is 3.83. The van der Waals surface area contributed by atoms with Crippen LogP contribution < -0.4 is 10.8 Å². The molecule has 3 aliphatic rings. The van der Waals surface area contributed by atoms with Gasteiger partial charge in [-0.05, 0) is 32.2 Å². The highest BCUT2D eigenvalue weighted by molar-refractivity contribution is 7.80. The van der Waals surface area contributed by atoms with Crippen molar-refractivity contribution < 1.29 is 31.7 Å². The molecule has 3 fully saturated rings. The summed E-state index contributed by atoms with van der Waals surface area (Å²) in [7, 11) is -4.79. The van der Waals surface area contributed by atoms with Crippen LogP contribution in [0.5, 0.6) is 0 Å². The molecule has 0 aromatic heterocycles. The third-order valence-corrected chi connectivity index (χ3v) is 4.77. The van der Waals surface area contributed by atoms with Crippen LogP contribution in [0, 0.1) is 0 Å². The predicted octanol–water partition coefficient (Wildman–Crippen LogP) is -1.21. The number of hydroxylamine groups is 3. The summed E-state index contributed by atoms with van der Waals surface area (Å²) in [6.07, 6.45) is 2.77. The van der Waals surface area contributed by atoms with Gasteiger partial charge in [0, 0.05) is 12.6 Å². The van der Waals surface area contributed by atoms with Gasteiger partial charge in [-0.1, -0.05) is 0 Å². The van der Waals surface area contributed by atoms with E-state index in [1.807, 2.05) is 0 Å². The monoisotopic (exact) mass is 364 g/mol. The molecule has 3 aliphatic heterocycles. The number of nitrogens with zero attached hydrogens (tertiary/aromatic N) is 2. The minimum absolute atomic E-state index is 0.149. The molecular weight excluding hydrogens is 344 g/mol. The molecule has 3 N–H and O–H groups in total. The van der Waals surface area contributed by atoms with E-state index in [1.54, 1.807) is 0 Å². The molecule has 11 nitrogen and oxygen atoms in total. The average molecular weight is 364 g/mol. The maximum atomic E-state index is 12.2. The maximum Gasteiger partial charge on any atom is 0.418 e. The van der Waals surface area contributed by atoms with Crippen LogP contribution in [0.1, 0.15) is 25.7 Å². The summed E-state index contributed by atoms with van der Waals surface area (Å²) in [4.78, 5) is 30.8. The van der Waals surface area contributed by atoms with E-state index in [9.17, 15) is 18.0 Å². The van der Waals surface area contributed by atoms with Gasteiger partial charge in [0.15, 0.2) is 0 Å². The molecule has 3 amide bonds. The van der Waals surface area contributed by atoms with Crippen LogP contribution in [0.3, 0.4) is 0 Å². The Hall–Kier alpha value is -1.47. The fourth-order valence-electron chi connectivity index (χ4n) is 3.28. The highest BCUT2D eigenvalue weighted by Crippen LogP contribution is 2.30. The lowest BCUT2D eigenvalue weighted by Crippen LogP contribution is -2.50. The molecule has 2 bridgehead atoms.